The first-order valence-corrected chi connectivity index (χ1v) is 11.3. The van der Waals surface area contributed by atoms with Gasteiger partial charge in [0.25, 0.3) is 5.56 Å². The Kier molecular flexibility index (Phi) is 5.40. The highest BCUT2D eigenvalue weighted by molar-refractivity contribution is 5.75. The number of likely N-dealkylation sites (tertiary alicyclic amines) is 1. The number of piperidine rings is 1. The summed E-state index contributed by atoms with van der Waals surface area (Å²) >= 11 is 0. The number of aromatic nitrogens is 4. The van der Waals surface area contributed by atoms with E-state index < -0.39 is 0 Å². The fraction of sp³-hybridized carbons (Fsp3) is 0.522. The van der Waals surface area contributed by atoms with Gasteiger partial charge < -0.3 is 14.4 Å². The molecule has 1 aromatic carbocycles. The molecule has 8 heteroatoms. The van der Waals surface area contributed by atoms with Crippen molar-refractivity contribution >= 4 is 17.1 Å². The summed E-state index contributed by atoms with van der Waals surface area (Å²) in [7, 11) is 1.72. The highest BCUT2D eigenvalue weighted by atomic mass is 16.2. The van der Waals surface area contributed by atoms with Crippen LogP contribution in [-0.2, 0) is 26.7 Å². The van der Waals surface area contributed by atoms with Gasteiger partial charge in [0.15, 0.2) is 11.2 Å². The molecular weight excluding hydrogens is 392 g/mol. The maximum Gasteiger partial charge on any atom is 0.332 e. The van der Waals surface area contributed by atoms with Gasteiger partial charge in [-0.15, -0.1) is 0 Å². The van der Waals surface area contributed by atoms with Gasteiger partial charge in [-0.2, -0.15) is 4.98 Å². The molecule has 164 valence electrons. The minimum absolute atomic E-state index is 0.213. The van der Waals surface area contributed by atoms with Crippen molar-refractivity contribution in [2.75, 3.05) is 31.1 Å². The number of imidazole rings is 1. The summed E-state index contributed by atoms with van der Waals surface area (Å²) in [4.78, 5) is 35.8. The number of rotatable bonds is 5. The third kappa shape index (κ3) is 3.69. The van der Waals surface area contributed by atoms with Crippen molar-refractivity contribution in [2.45, 2.75) is 45.3 Å². The van der Waals surface area contributed by atoms with Crippen LogP contribution < -0.4 is 16.1 Å². The maximum atomic E-state index is 13.4. The molecule has 0 atom stereocenters. The van der Waals surface area contributed by atoms with Crippen molar-refractivity contribution < 1.29 is 0 Å². The lowest BCUT2D eigenvalue weighted by Gasteiger charge is -2.29. The molecule has 2 aromatic heterocycles. The van der Waals surface area contributed by atoms with Gasteiger partial charge in [0, 0.05) is 39.8 Å². The molecule has 0 bridgehead atoms. The van der Waals surface area contributed by atoms with Crippen molar-refractivity contribution in [1.29, 1.82) is 0 Å². The van der Waals surface area contributed by atoms with E-state index in [1.54, 1.807) is 11.6 Å². The molecule has 2 aliphatic rings. The van der Waals surface area contributed by atoms with E-state index in [4.69, 9.17) is 4.98 Å². The fourth-order valence-electron chi connectivity index (χ4n) is 4.91. The van der Waals surface area contributed by atoms with Crippen LogP contribution >= 0.6 is 0 Å². The Morgan fingerprint density at radius 3 is 2.45 bits per heavy atom. The standard InChI is InChI=1S/C23H30N6O2/c1-25-20-19(21(30)29(23(25)31)16-15-26-11-6-3-7-12-26)28-14-8-13-27(22(28)24-20)17-18-9-4-2-5-10-18/h2,4-5,9-10H,3,6-8,11-17H2,1H3. The number of benzene rings is 1. The SMILES string of the molecule is Cn1c(=O)n(CCN2CCCCC2)c(=O)c2c1nc1n2CCCN1Cc1ccccc1. The first kappa shape index (κ1) is 20.1. The normalized spacial score (nSPS) is 17.3. The van der Waals surface area contributed by atoms with E-state index in [1.165, 1.54) is 29.4 Å². The van der Waals surface area contributed by atoms with Crippen LogP contribution in [-0.4, -0.2) is 49.8 Å². The third-order valence-electron chi connectivity index (χ3n) is 6.61. The minimum Gasteiger partial charge on any atom is -0.338 e. The second-order valence-electron chi connectivity index (χ2n) is 8.70. The summed E-state index contributed by atoms with van der Waals surface area (Å²) in [5, 5.41) is 0. The van der Waals surface area contributed by atoms with Gasteiger partial charge in [0.2, 0.25) is 5.95 Å². The zero-order valence-corrected chi connectivity index (χ0v) is 18.2. The lowest BCUT2D eigenvalue weighted by molar-refractivity contribution is 0.218. The smallest absolute Gasteiger partial charge is 0.332 e. The van der Waals surface area contributed by atoms with Crippen LogP contribution in [0, 0.1) is 0 Å². The average molecular weight is 423 g/mol. The minimum atomic E-state index is -0.278. The molecule has 0 N–H and O–H groups in total. The molecule has 1 saturated heterocycles. The van der Waals surface area contributed by atoms with Gasteiger partial charge >= 0.3 is 5.69 Å². The van der Waals surface area contributed by atoms with Crippen LogP contribution in [0.3, 0.4) is 0 Å². The molecule has 0 aliphatic carbocycles. The molecule has 8 nitrogen and oxygen atoms in total. The van der Waals surface area contributed by atoms with E-state index >= 15 is 0 Å². The highest BCUT2D eigenvalue weighted by Gasteiger charge is 2.26. The molecule has 31 heavy (non-hydrogen) atoms. The Labute approximate surface area is 181 Å². The van der Waals surface area contributed by atoms with Gasteiger partial charge in [0.1, 0.15) is 0 Å². The number of nitrogens with zero attached hydrogens (tertiary/aromatic N) is 6. The third-order valence-corrected chi connectivity index (χ3v) is 6.61. The number of hydrogen-bond acceptors (Lipinski definition) is 5. The van der Waals surface area contributed by atoms with Crippen LogP contribution in [0.5, 0.6) is 0 Å². The first-order valence-electron chi connectivity index (χ1n) is 11.3. The van der Waals surface area contributed by atoms with Gasteiger partial charge in [0.05, 0.1) is 0 Å². The molecule has 5 rings (SSSR count). The number of fused-ring (bicyclic) bond motifs is 3. The van der Waals surface area contributed by atoms with E-state index in [9.17, 15) is 9.59 Å². The summed E-state index contributed by atoms with van der Waals surface area (Å²) in [5.41, 5.74) is 1.75. The molecule has 0 saturated carbocycles. The van der Waals surface area contributed by atoms with E-state index in [0.717, 1.165) is 51.6 Å². The number of hydrogen-bond donors (Lipinski definition) is 0. The Bertz CT molecular complexity index is 1190. The summed E-state index contributed by atoms with van der Waals surface area (Å²) in [5.74, 6) is 0.783. The molecule has 4 heterocycles. The van der Waals surface area contributed by atoms with Crippen molar-refractivity contribution in [3.05, 3.63) is 56.7 Å². The topological polar surface area (TPSA) is 68.3 Å². The summed E-state index contributed by atoms with van der Waals surface area (Å²) in [6.45, 7) is 5.63. The molecule has 0 amide bonds. The summed E-state index contributed by atoms with van der Waals surface area (Å²) in [6, 6.07) is 10.3. The number of aryl methyl sites for hydroxylation is 2. The second kappa shape index (κ2) is 8.34. The van der Waals surface area contributed by atoms with Crippen LogP contribution in [0.25, 0.3) is 11.2 Å². The predicted molar refractivity (Wildman–Crippen MR) is 122 cm³/mol. The van der Waals surface area contributed by atoms with Gasteiger partial charge in [-0.1, -0.05) is 36.8 Å². The molecule has 1 fully saturated rings. The van der Waals surface area contributed by atoms with Crippen molar-refractivity contribution in [1.82, 2.24) is 23.6 Å². The van der Waals surface area contributed by atoms with Crippen molar-refractivity contribution in [2.24, 2.45) is 7.05 Å². The van der Waals surface area contributed by atoms with E-state index in [-0.39, 0.29) is 11.2 Å². The molecule has 0 unspecified atom stereocenters. The summed E-state index contributed by atoms with van der Waals surface area (Å²) < 4.78 is 4.96. The average Bonchev–Trinajstić information content (AvgIpc) is 3.20. The number of anilines is 1. The van der Waals surface area contributed by atoms with E-state index in [1.807, 2.05) is 22.8 Å². The lowest BCUT2D eigenvalue weighted by atomic mass is 10.1. The van der Waals surface area contributed by atoms with E-state index in [0.29, 0.717) is 17.7 Å². The Balaban J connectivity index is 1.52. The fourth-order valence-corrected chi connectivity index (χ4v) is 4.91. The predicted octanol–water partition coefficient (Wildman–Crippen LogP) is 1.79. The monoisotopic (exact) mass is 422 g/mol. The molecule has 2 aliphatic heterocycles. The Hall–Kier alpha value is -2.87. The Morgan fingerprint density at radius 1 is 0.903 bits per heavy atom. The van der Waals surface area contributed by atoms with Crippen LogP contribution in [0.2, 0.25) is 0 Å². The highest BCUT2D eigenvalue weighted by Crippen LogP contribution is 2.25. The van der Waals surface area contributed by atoms with Gasteiger partial charge in [-0.25, -0.2) is 4.79 Å². The molecular formula is C23H30N6O2. The molecule has 0 radical (unpaired) electrons. The zero-order valence-electron chi connectivity index (χ0n) is 18.2. The zero-order chi connectivity index (χ0) is 21.4. The summed E-state index contributed by atoms with van der Waals surface area (Å²) in [6.07, 6.45) is 4.60. The van der Waals surface area contributed by atoms with Crippen LogP contribution in [0.15, 0.2) is 39.9 Å². The van der Waals surface area contributed by atoms with Crippen LogP contribution in [0.4, 0.5) is 5.95 Å². The second-order valence-corrected chi connectivity index (χ2v) is 8.70. The molecule has 3 aromatic rings. The first-order chi connectivity index (χ1) is 15.1. The quantitative estimate of drug-likeness (QED) is 0.627. The van der Waals surface area contributed by atoms with E-state index in [2.05, 4.69) is 21.9 Å². The van der Waals surface area contributed by atoms with Crippen molar-refractivity contribution in [3.63, 3.8) is 0 Å². The Morgan fingerprint density at radius 2 is 1.68 bits per heavy atom. The maximum absolute atomic E-state index is 13.4. The molecule has 0 spiro atoms. The van der Waals surface area contributed by atoms with Gasteiger partial charge in [-0.3, -0.25) is 13.9 Å². The van der Waals surface area contributed by atoms with Crippen LogP contribution in [0.1, 0.15) is 31.2 Å². The largest absolute Gasteiger partial charge is 0.338 e. The lowest BCUT2D eigenvalue weighted by Crippen LogP contribution is -2.43. The van der Waals surface area contributed by atoms with Crippen molar-refractivity contribution in [3.8, 4) is 0 Å². The van der Waals surface area contributed by atoms with Gasteiger partial charge in [-0.05, 0) is 37.9 Å².